The number of aliphatic hydroxyl groups is 3. The number of Topliss-reactive ketones (excluding diaryl/α,β-unsaturated/α-hetero) is 1. The Morgan fingerprint density at radius 1 is 1.02 bits per heavy atom. The number of rotatable bonds is 5. The summed E-state index contributed by atoms with van der Waals surface area (Å²) in [5, 5.41) is 34.9. The van der Waals surface area contributed by atoms with Crippen LogP contribution >= 0.6 is 0 Å². The Balaban J connectivity index is 1.40. The third-order valence-electron chi connectivity index (χ3n) is 11.5. The molecule has 3 bridgehead atoms. The number of benzene rings is 2. The van der Waals surface area contributed by atoms with Crippen molar-refractivity contribution in [1.29, 1.82) is 0 Å². The molecule has 5 unspecified atom stereocenters. The second-order valence-corrected chi connectivity index (χ2v) is 13.5. The van der Waals surface area contributed by atoms with Gasteiger partial charge < -0.3 is 39.0 Å². The van der Waals surface area contributed by atoms with E-state index in [1.54, 1.807) is 56.3 Å². The third-order valence-corrected chi connectivity index (χ3v) is 11.5. The molecule has 44 heavy (non-hydrogen) atoms. The van der Waals surface area contributed by atoms with Gasteiger partial charge >= 0.3 is 11.9 Å². The van der Waals surface area contributed by atoms with Crippen LogP contribution in [0.4, 0.5) is 0 Å². The van der Waals surface area contributed by atoms with Gasteiger partial charge in [0.2, 0.25) is 0 Å². The number of epoxide rings is 1. The highest BCUT2D eigenvalue weighted by Crippen LogP contribution is 2.74. The molecule has 13 atom stereocenters. The van der Waals surface area contributed by atoms with Gasteiger partial charge in [0.15, 0.2) is 17.0 Å². The minimum Gasteiger partial charge on any atom is -0.455 e. The van der Waals surface area contributed by atoms with E-state index in [9.17, 15) is 24.9 Å². The zero-order chi connectivity index (χ0) is 31.0. The molecule has 3 N–H and O–H groups in total. The number of ketones is 1. The molecule has 3 saturated carbocycles. The normalized spacial score (nSPS) is 49.5. The third kappa shape index (κ3) is 3.05. The quantitative estimate of drug-likeness (QED) is 0.264. The Labute approximate surface area is 254 Å². The minimum atomic E-state index is -2.33. The van der Waals surface area contributed by atoms with Crippen LogP contribution in [0.25, 0.3) is 0 Å². The molecule has 3 heterocycles. The van der Waals surface area contributed by atoms with E-state index in [0.29, 0.717) is 16.7 Å². The molecule has 3 saturated heterocycles. The van der Waals surface area contributed by atoms with Gasteiger partial charge in [0.25, 0.3) is 0 Å². The number of fused-ring (bicyclic) bond motifs is 3. The van der Waals surface area contributed by atoms with E-state index in [1.807, 2.05) is 25.1 Å². The molecule has 2 aromatic rings. The molecule has 10 nitrogen and oxygen atoms in total. The highest BCUT2D eigenvalue weighted by Gasteiger charge is 2.91. The van der Waals surface area contributed by atoms with E-state index in [0.717, 1.165) is 0 Å². The van der Waals surface area contributed by atoms with Crippen LogP contribution in [0.2, 0.25) is 0 Å². The first kappa shape index (κ1) is 28.5. The first-order chi connectivity index (χ1) is 20.9. The van der Waals surface area contributed by atoms with Crippen LogP contribution in [0.1, 0.15) is 43.1 Å². The van der Waals surface area contributed by atoms with Crippen molar-refractivity contribution in [3.63, 3.8) is 0 Å². The number of esters is 1. The van der Waals surface area contributed by atoms with Crippen molar-refractivity contribution in [3.8, 4) is 0 Å². The summed E-state index contributed by atoms with van der Waals surface area (Å²) in [4.78, 5) is 27.6. The average molecular weight is 605 g/mol. The molecule has 0 radical (unpaired) electrons. The van der Waals surface area contributed by atoms with Crippen LogP contribution < -0.4 is 0 Å². The molecule has 0 spiro atoms. The van der Waals surface area contributed by atoms with Crippen LogP contribution in [0.5, 0.6) is 0 Å². The van der Waals surface area contributed by atoms with E-state index in [2.05, 4.69) is 6.58 Å². The lowest BCUT2D eigenvalue weighted by molar-refractivity contribution is -0.443. The number of aliphatic hydroxyl groups excluding tert-OH is 2. The van der Waals surface area contributed by atoms with Gasteiger partial charge in [0.05, 0.1) is 17.8 Å². The fourth-order valence-corrected chi connectivity index (χ4v) is 9.52. The largest absolute Gasteiger partial charge is 0.455 e. The molecule has 3 aliphatic carbocycles. The first-order valence-electron chi connectivity index (χ1n) is 15.2. The zero-order valence-corrected chi connectivity index (χ0v) is 24.7. The smallest absolute Gasteiger partial charge is 0.338 e. The van der Waals surface area contributed by atoms with E-state index in [1.165, 1.54) is 0 Å². The summed E-state index contributed by atoms with van der Waals surface area (Å²) in [6.07, 6.45) is -4.39. The van der Waals surface area contributed by atoms with Crippen LogP contribution in [-0.4, -0.2) is 80.5 Å². The maximum absolute atomic E-state index is 13.9. The van der Waals surface area contributed by atoms with Gasteiger partial charge in [-0.25, -0.2) is 4.79 Å². The average Bonchev–Trinajstić information content (AvgIpc) is 3.65. The summed E-state index contributed by atoms with van der Waals surface area (Å²) >= 11 is 0. The van der Waals surface area contributed by atoms with Gasteiger partial charge in [-0.2, -0.15) is 0 Å². The molecular weight excluding hydrogens is 568 g/mol. The second kappa shape index (κ2) is 8.85. The summed E-state index contributed by atoms with van der Waals surface area (Å²) in [6, 6.07) is 17.7. The van der Waals surface area contributed by atoms with Crippen molar-refractivity contribution >= 4 is 11.8 Å². The van der Waals surface area contributed by atoms with Crippen molar-refractivity contribution in [3.05, 3.63) is 83.9 Å². The number of hydrogen-bond acceptors (Lipinski definition) is 10. The first-order valence-corrected chi connectivity index (χ1v) is 15.2. The van der Waals surface area contributed by atoms with E-state index in [4.69, 9.17) is 23.7 Å². The predicted molar refractivity (Wildman–Crippen MR) is 152 cm³/mol. The number of ether oxygens (including phenoxy) is 5. The number of carbonyl (C=O) groups excluding carboxylic acids is 2. The van der Waals surface area contributed by atoms with Crippen LogP contribution in [0.3, 0.4) is 0 Å². The van der Waals surface area contributed by atoms with Gasteiger partial charge in [-0.05, 0) is 31.1 Å². The van der Waals surface area contributed by atoms with Crippen molar-refractivity contribution in [1.82, 2.24) is 0 Å². The SMILES string of the molecule is C=C(C)[C@@]12OC3(c4ccccc4)O[C@@H]1C1C4O[C@]4(CO)[C@@H](O)[C@]4(O)C(=O)C(C)CC4[C@@]1(O3)[C@H](C)[C@H]2OC(=O)c1ccccc1. The lowest BCUT2D eigenvalue weighted by atomic mass is 9.52. The fraction of sp³-hybridized carbons (Fsp3) is 0.529. The summed E-state index contributed by atoms with van der Waals surface area (Å²) < 4.78 is 33.5. The van der Waals surface area contributed by atoms with E-state index >= 15 is 0 Å². The summed E-state index contributed by atoms with van der Waals surface area (Å²) in [5.74, 6) is -6.07. The molecule has 10 heteroatoms. The molecule has 6 fully saturated rings. The molecule has 8 rings (SSSR count). The fourth-order valence-electron chi connectivity index (χ4n) is 9.52. The maximum Gasteiger partial charge on any atom is 0.338 e. The van der Waals surface area contributed by atoms with Gasteiger partial charge in [-0.15, -0.1) is 0 Å². The van der Waals surface area contributed by atoms with Crippen molar-refractivity contribution in [2.24, 2.45) is 23.7 Å². The van der Waals surface area contributed by atoms with Crippen molar-refractivity contribution in [2.45, 2.75) is 80.0 Å². The van der Waals surface area contributed by atoms with Gasteiger partial charge in [-0.1, -0.05) is 69.0 Å². The Hall–Kier alpha value is -2.96. The van der Waals surface area contributed by atoms with Gasteiger partial charge in [-0.3, -0.25) is 4.79 Å². The Kier molecular flexibility index (Phi) is 5.73. The topological polar surface area (TPSA) is 144 Å². The lowest BCUT2D eigenvalue weighted by Crippen LogP contribution is -2.76. The minimum absolute atomic E-state index is 0.179. The van der Waals surface area contributed by atoms with E-state index in [-0.39, 0.29) is 6.42 Å². The number of carbonyl (C=O) groups is 2. The van der Waals surface area contributed by atoms with Crippen molar-refractivity contribution < 1.29 is 48.6 Å². The van der Waals surface area contributed by atoms with Gasteiger partial charge in [0.1, 0.15) is 30.0 Å². The molecule has 0 amide bonds. The molecule has 6 aliphatic rings. The Morgan fingerprint density at radius 2 is 1.68 bits per heavy atom. The molecular formula is C34H36O10. The number of hydrogen-bond donors (Lipinski definition) is 3. The molecule has 2 aromatic carbocycles. The highest BCUT2D eigenvalue weighted by molar-refractivity contribution is 5.93. The highest BCUT2D eigenvalue weighted by atomic mass is 16.9. The molecule has 3 aliphatic heterocycles. The maximum atomic E-state index is 13.9. The predicted octanol–water partition coefficient (Wildman–Crippen LogP) is 2.25. The van der Waals surface area contributed by atoms with Crippen LogP contribution in [0, 0.1) is 23.7 Å². The second-order valence-electron chi connectivity index (χ2n) is 13.5. The monoisotopic (exact) mass is 604 g/mol. The van der Waals surface area contributed by atoms with Crippen molar-refractivity contribution in [2.75, 3.05) is 6.61 Å². The molecule has 0 aromatic heterocycles. The Bertz CT molecular complexity index is 1560. The summed E-state index contributed by atoms with van der Waals surface area (Å²) in [7, 11) is 0. The molecule has 232 valence electrons. The summed E-state index contributed by atoms with van der Waals surface area (Å²) in [5.41, 5.74) is -5.52. The standard InChI is InChI=1S/C34H36O10/c1-17(2)32-25(40-28(37)20-11-7-5-8-12-20)19(4)33-22-15-18(3)24(36)31(22,39)29(38)30(16-35)26(41-30)23(33)27(32)42-34(43-32,44-33)21-13-9-6-10-14-21/h5-14,18-19,22-23,25-27,29,35,38-39H,1,15-16H2,2-4H3/t18?,19-,22?,23?,25-,26?,27-,29-,30+,31-,32+,33+,34?/m1/s1. The van der Waals surface area contributed by atoms with Gasteiger partial charge in [0, 0.05) is 29.2 Å². The zero-order valence-electron chi connectivity index (χ0n) is 24.7. The van der Waals surface area contributed by atoms with E-state index < -0.39 is 94.8 Å². The lowest BCUT2D eigenvalue weighted by Gasteiger charge is -2.61. The van der Waals surface area contributed by atoms with Crippen LogP contribution in [0.15, 0.2) is 72.8 Å². The summed E-state index contributed by atoms with van der Waals surface area (Å²) in [6.45, 7) is 9.02. The Morgan fingerprint density at radius 3 is 2.32 bits per heavy atom. The van der Waals surface area contributed by atoms with Crippen LogP contribution in [-0.2, 0) is 34.5 Å².